The summed E-state index contributed by atoms with van der Waals surface area (Å²) < 4.78 is 18.3. The van der Waals surface area contributed by atoms with E-state index in [9.17, 15) is 9.18 Å². The Labute approximate surface area is 122 Å². The Bertz CT molecular complexity index is 477. The summed E-state index contributed by atoms with van der Waals surface area (Å²) in [5.41, 5.74) is 5.48. The van der Waals surface area contributed by atoms with E-state index in [2.05, 4.69) is 10.3 Å². The van der Waals surface area contributed by atoms with Gasteiger partial charge < -0.3 is 15.8 Å². The number of hydrogen-bond donors (Lipinski definition) is 2. The van der Waals surface area contributed by atoms with Gasteiger partial charge in [0.15, 0.2) is 0 Å². The molecule has 0 aliphatic carbocycles. The Morgan fingerprint density at radius 2 is 2.25 bits per heavy atom. The molecule has 0 bridgehead atoms. The molecule has 0 saturated carbocycles. The fraction of sp³-hybridized carbons (Fsp3) is 0.538. The van der Waals surface area contributed by atoms with Crippen molar-refractivity contribution in [2.75, 3.05) is 6.54 Å². The third-order valence-electron chi connectivity index (χ3n) is 2.35. The van der Waals surface area contributed by atoms with Crippen molar-refractivity contribution in [2.24, 2.45) is 5.73 Å². The van der Waals surface area contributed by atoms with Gasteiger partial charge in [-0.3, -0.25) is 0 Å². The van der Waals surface area contributed by atoms with Gasteiger partial charge in [0.05, 0.1) is 6.20 Å². The fourth-order valence-corrected chi connectivity index (χ4v) is 1.72. The number of nitrogens with zero attached hydrogens (tertiary/aromatic N) is 1. The Morgan fingerprint density at radius 1 is 1.60 bits per heavy atom. The maximum Gasteiger partial charge on any atom is 0.407 e. The number of nitrogens with one attached hydrogen (secondary N) is 1. The number of amides is 1. The van der Waals surface area contributed by atoms with Gasteiger partial charge in [0.1, 0.15) is 16.6 Å². The first-order chi connectivity index (χ1) is 9.21. The van der Waals surface area contributed by atoms with Gasteiger partial charge in [0, 0.05) is 12.6 Å². The zero-order valence-corrected chi connectivity index (χ0v) is 12.5. The second kappa shape index (κ2) is 6.85. The SMILES string of the molecule is CC(C)(C)OC(=O)NC(CN)Cc1cc(F)cnc1Cl. The lowest BCUT2D eigenvalue weighted by Crippen LogP contribution is -2.44. The molecule has 1 atom stereocenters. The van der Waals surface area contributed by atoms with Crippen molar-refractivity contribution in [3.63, 3.8) is 0 Å². The lowest BCUT2D eigenvalue weighted by molar-refractivity contribution is 0.0506. The summed E-state index contributed by atoms with van der Waals surface area (Å²) in [6.45, 7) is 5.46. The van der Waals surface area contributed by atoms with Crippen LogP contribution in [0.1, 0.15) is 26.3 Å². The van der Waals surface area contributed by atoms with E-state index in [1.54, 1.807) is 20.8 Å². The van der Waals surface area contributed by atoms with Gasteiger partial charge in [0.25, 0.3) is 0 Å². The van der Waals surface area contributed by atoms with E-state index < -0.39 is 23.6 Å². The van der Waals surface area contributed by atoms with Gasteiger partial charge >= 0.3 is 6.09 Å². The van der Waals surface area contributed by atoms with E-state index >= 15 is 0 Å². The van der Waals surface area contributed by atoms with Gasteiger partial charge in [-0.05, 0) is 38.8 Å². The minimum Gasteiger partial charge on any atom is -0.444 e. The standard InChI is InChI=1S/C13H19ClFN3O2/c1-13(2,3)20-12(19)18-10(6-16)5-8-4-9(15)7-17-11(8)14/h4,7,10H,5-6,16H2,1-3H3,(H,18,19). The molecule has 1 heterocycles. The zero-order chi connectivity index (χ0) is 15.3. The molecule has 3 N–H and O–H groups in total. The average Bonchev–Trinajstić information content (AvgIpc) is 2.30. The van der Waals surface area contributed by atoms with Crippen molar-refractivity contribution in [3.05, 3.63) is 28.8 Å². The number of nitrogens with two attached hydrogens (primary N) is 1. The van der Waals surface area contributed by atoms with Crippen LogP contribution in [0.5, 0.6) is 0 Å². The Morgan fingerprint density at radius 3 is 2.80 bits per heavy atom. The van der Waals surface area contributed by atoms with Gasteiger partial charge in [0.2, 0.25) is 0 Å². The molecule has 0 fully saturated rings. The van der Waals surface area contributed by atoms with E-state index in [4.69, 9.17) is 22.1 Å². The number of carbonyl (C=O) groups excluding carboxylic acids is 1. The second-order valence-corrected chi connectivity index (χ2v) is 5.74. The van der Waals surface area contributed by atoms with Crippen molar-refractivity contribution in [2.45, 2.75) is 38.8 Å². The molecule has 1 unspecified atom stereocenters. The number of alkyl carbamates (subject to hydrolysis) is 1. The zero-order valence-electron chi connectivity index (χ0n) is 11.7. The first kappa shape index (κ1) is 16.7. The average molecular weight is 304 g/mol. The first-order valence-electron chi connectivity index (χ1n) is 6.21. The molecule has 20 heavy (non-hydrogen) atoms. The summed E-state index contributed by atoms with van der Waals surface area (Å²) in [5.74, 6) is -0.488. The van der Waals surface area contributed by atoms with Crippen LogP contribution in [-0.4, -0.2) is 29.3 Å². The molecule has 1 aromatic rings. The summed E-state index contributed by atoms with van der Waals surface area (Å²) in [6.07, 6.45) is 0.734. The third-order valence-corrected chi connectivity index (χ3v) is 2.69. The van der Waals surface area contributed by atoms with Crippen molar-refractivity contribution in [1.29, 1.82) is 0 Å². The Hall–Kier alpha value is -1.40. The topological polar surface area (TPSA) is 77.2 Å². The van der Waals surface area contributed by atoms with E-state index in [0.717, 1.165) is 6.20 Å². The maximum absolute atomic E-state index is 13.1. The lowest BCUT2D eigenvalue weighted by Gasteiger charge is -2.23. The third kappa shape index (κ3) is 5.71. The minimum absolute atomic E-state index is 0.173. The van der Waals surface area contributed by atoms with Crippen LogP contribution in [-0.2, 0) is 11.2 Å². The number of aromatic nitrogens is 1. The Kier molecular flexibility index (Phi) is 5.71. The molecule has 1 aromatic heterocycles. The lowest BCUT2D eigenvalue weighted by atomic mass is 10.1. The molecular weight excluding hydrogens is 285 g/mol. The summed E-state index contributed by atoms with van der Waals surface area (Å²) in [7, 11) is 0. The normalized spacial score (nSPS) is 12.9. The predicted octanol–water partition coefficient (Wildman–Crippen LogP) is 2.27. The largest absolute Gasteiger partial charge is 0.444 e. The van der Waals surface area contributed by atoms with Crippen LogP contribution in [0.2, 0.25) is 5.15 Å². The van der Waals surface area contributed by atoms with Gasteiger partial charge in [-0.1, -0.05) is 11.6 Å². The van der Waals surface area contributed by atoms with E-state index in [-0.39, 0.29) is 18.1 Å². The van der Waals surface area contributed by atoms with Crippen LogP contribution in [0.4, 0.5) is 9.18 Å². The number of carbonyl (C=O) groups is 1. The van der Waals surface area contributed by atoms with Gasteiger partial charge in [-0.2, -0.15) is 0 Å². The highest BCUT2D eigenvalue weighted by Gasteiger charge is 2.20. The summed E-state index contributed by atoms with van der Waals surface area (Å²) in [6, 6.07) is 0.861. The molecule has 0 radical (unpaired) electrons. The molecule has 112 valence electrons. The van der Waals surface area contributed by atoms with Crippen LogP contribution in [0.25, 0.3) is 0 Å². The molecule has 1 amide bonds. The highest BCUT2D eigenvalue weighted by atomic mass is 35.5. The van der Waals surface area contributed by atoms with Crippen molar-refractivity contribution in [3.8, 4) is 0 Å². The molecule has 0 saturated heterocycles. The van der Waals surface area contributed by atoms with Gasteiger partial charge in [-0.25, -0.2) is 14.2 Å². The molecule has 5 nitrogen and oxygen atoms in total. The first-order valence-corrected chi connectivity index (χ1v) is 6.58. The highest BCUT2D eigenvalue weighted by Crippen LogP contribution is 2.16. The molecule has 0 aliphatic heterocycles. The van der Waals surface area contributed by atoms with E-state index in [1.807, 2.05) is 0 Å². The molecule has 0 spiro atoms. The van der Waals surface area contributed by atoms with Crippen LogP contribution >= 0.6 is 11.6 Å². The fourth-order valence-electron chi connectivity index (χ4n) is 1.54. The van der Waals surface area contributed by atoms with E-state index in [1.165, 1.54) is 6.07 Å². The Balaban J connectivity index is 2.68. The van der Waals surface area contributed by atoms with Crippen molar-refractivity contribution < 1.29 is 13.9 Å². The molecule has 0 aliphatic rings. The van der Waals surface area contributed by atoms with Crippen molar-refractivity contribution >= 4 is 17.7 Å². The molecular formula is C13H19ClFN3O2. The molecule has 0 aromatic carbocycles. The smallest absolute Gasteiger partial charge is 0.407 e. The summed E-state index contributed by atoms with van der Waals surface area (Å²) in [4.78, 5) is 15.4. The van der Waals surface area contributed by atoms with E-state index in [0.29, 0.717) is 5.56 Å². The molecule has 7 heteroatoms. The minimum atomic E-state index is -0.596. The monoisotopic (exact) mass is 303 g/mol. The highest BCUT2D eigenvalue weighted by molar-refractivity contribution is 6.30. The molecule has 1 rings (SSSR count). The van der Waals surface area contributed by atoms with Gasteiger partial charge in [-0.15, -0.1) is 0 Å². The van der Waals surface area contributed by atoms with Crippen LogP contribution < -0.4 is 11.1 Å². The summed E-state index contributed by atoms with van der Waals surface area (Å²) in [5, 5.41) is 2.81. The quantitative estimate of drug-likeness (QED) is 0.837. The van der Waals surface area contributed by atoms with Crippen molar-refractivity contribution in [1.82, 2.24) is 10.3 Å². The van der Waals surface area contributed by atoms with Crippen LogP contribution in [0, 0.1) is 5.82 Å². The number of rotatable bonds is 4. The number of ether oxygens (including phenoxy) is 1. The second-order valence-electron chi connectivity index (χ2n) is 5.39. The van der Waals surface area contributed by atoms with Crippen LogP contribution in [0.3, 0.4) is 0 Å². The maximum atomic E-state index is 13.1. The van der Waals surface area contributed by atoms with Crippen LogP contribution in [0.15, 0.2) is 12.3 Å². The number of halogens is 2. The number of pyridine rings is 1. The summed E-state index contributed by atoms with van der Waals surface area (Å²) >= 11 is 5.88. The predicted molar refractivity (Wildman–Crippen MR) is 75.1 cm³/mol. The number of hydrogen-bond acceptors (Lipinski definition) is 4.